The number of amides is 2. The minimum atomic E-state index is -4.40. The summed E-state index contributed by atoms with van der Waals surface area (Å²) in [5, 5.41) is 2.46. The standard InChI is InChI=1S/C23H18N2O6S/c26-15-17-8-6-16(7-9-17)14-21-22(27)24(18-4-2-1-3-5-18)25(23(21)28)19-10-12-20(13-11-19)32(29,30)31/h1-13,15,21H,14H2,(H,29,30,31). The Morgan fingerprint density at radius 3 is 1.81 bits per heavy atom. The number of aldehydes is 1. The third-order valence-corrected chi connectivity index (χ3v) is 6.02. The Hall–Kier alpha value is -3.82. The van der Waals surface area contributed by atoms with E-state index in [0.717, 1.165) is 17.7 Å². The summed E-state index contributed by atoms with van der Waals surface area (Å²) in [6.07, 6.45) is 0.852. The number of rotatable bonds is 6. The molecule has 1 N–H and O–H groups in total. The molecule has 1 heterocycles. The van der Waals surface area contributed by atoms with Crippen molar-refractivity contribution in [1.82, 2.24) is 0 Å². The zero-order valence-electron chi connectivity index (χ0n) is 16.7. The van der Waals surface area contributed by atoms with Gasteiger partial charge in [-0.15, -0.1) is 0 Å². The van der Waals surface area contributed by atoms with E-state index in [1.165, 1.54) is 22.2 Å². The fourth-order valence-electron chi connectivity index (χ4n) is 3.55. The highest BCUT2D eigenvalue weighted by atomic mass is 32.2. The second-order valence-electron chi connectivity index (χ2n) is 7.22. The summed E-state index contributed by atoms with van der Waals surface area (Å²) >= 11 is 0. The van der Waals surface area contributed by atoms with Crippen LogP contribution in [-0.4, -0.2) is 31.1 Å². The van der Waals surface area contributed by atoms with Crippen LogP contribution in [0.1, 0.15) is 15.9 Å². The van der Waals surface area contributed by atoms with E-state index in [9.17, 15) is 27.4 Å². The molecule has 0 saturated carbocycles. The van der Waals surface area contributed by atoms with Crippen molar-refractivity contribution in [1.29, 1.82) is 0 Å². The molecule has 0 aromatic heterocycles. The molecule has 0 bridgehead atoms. The van der Waals surface area contributed by atoms with Crippen LogP contribution in [0.3, 0.4) is 0 Å². The lowest BCUT2D eigenvalue weighted by Gasteiger charge is -2.27. The van der Waals surface area contributed by atoms with E-state index in [4.69, 9.17) is 0 Å². The topological polar surface area (TPSA) is 112 Å². The number of para-hydroxylation sites is 1. The number of hydrogen-bond donors (Lipinski definition) is 1. The predicted molar refractivity (Wildman–Crippen MR) is 117 cm³/mol. The van der Waals surface area contributed by atoms with Crippen LogP contribution in [0.5, 0.6) is 0 Å². The third kappa shape index (κ3) is 4.03. The van der Waals surface area contributed by atoms with Gasteiger partial charge in [-0.05, 0) is 48.4 Å². The number of carbonyl (C=O) groups excluding carboxylic acids is 3. The van der Waals surface area contributed by atoms with Crippen molar-refractivity contribution in [2.24, 2.45) is 5.92 Å². The van der Waals surface area contributed by atoms with E-state index in [0.29, 0.717) is 17.5 Å². The van der Waals surface area contributed by atoms with E-state index in [2.05, 4.69) is 0 Å². The van der Waals surface area contributed by atoms with Gasteiger partial charge in [-0.1, -0.05) is 42.5 Å². The maximum atomic E-state index is 13.3. The minimum Gasteiger partial charge on any atom is -0.298 e. The molecule has 0 spiro atoms. The number of hydrazine groups is 1. The zero-order valence-corrected chi connectivity index (χ0v) is 17.5. The molecule has 8 nitrogen and oxygen atoms in total. The summed E-state index contributed by atoms with van der Waals surface area (Å²) in [7, 11) is -4.40. The highest BCUT2D eigenvalue weighted by Gasteiger charge is 2.47. The number of anilines is 2. The molecule has 1 atom stereocenters. The summed E-state index contributed by atoms with van der Waals surface area (Å²) in [5.74, 6) is -1.91. The molecule has 9 heteroatoms. The first-order valence-corrected chi connectivity index (χ1v) is 11.1. The first-order chi connectivity index (χ1) is 15.3. The van der Waals surface area contributed by atoms with Crippen molar-refractivity contribution in [3.05, 3.63) is 90.0 Å². The van der Waals surface area contributed by atoms with E-state index < -0.39 is 27.9 Å². The summed E-state index contributed by atoms with van der Waals surface area (Å²) in [5.41, 5.74) is 1.96. The maximum absolute atomic E-state index is 13.3. The van der Waals surface area contributed by atoms with Crippen LogP contribution in [0.25, 0.3) is 0 Å². The molecule has 1 unspecified atom stereocenters. The molecule has 1 fully saturated rings. The van der Waals surface area contributed by atoms with Gasteiger partial charge in [0.05, 0.1) is 16.3 Å². The molecular formula is C23H18N2O6S. The van der Waals surface area contributed by atoms with Crippen molar-refractivity contribution in [3.8, 4) is 0 Å². The first kappa shape index (κ1) is 21.4. The van der Waals surface area contributed by atoms with Crippen molar-refractivity contribution in [2.45, 2.75) is 11.3 Å². The van der Waals surface area contributed by atoms with Crippen molar-refractivity contribution >= 4 is 39.6 Å². The lowest BCUT2D eigenvalue weighted by molar-refractivity contribution is -0.126. The summed E-state index contributed by atoms with van der Waals surface area (Å²) in [6.45, 7) is 0. The molecule has 162 valence electrons. The Morgan fingerprint density at radius 2 is 1.31 bits per heavy atom. The summed E-state index contributed by atoms with van der Waals surface area (Å²) in [6, 6.07) is 20.3. The van der Waals surface area contributed by atoms with Crippen LogP contribution in [0.4, 0.5) is 11.4 Å². The van der Waals surface area contributed by atoms with Crippen LogP contribution in [0.15, 0.2) is 83.8 Å². The molecule has 1 aliphatic heterocycles. The number of hydrogen-bond acceptors (Lipinski definition) is 5. The largest absolute Gasteiger partial charge is 0.298 e. The van der Waals surface area contributed by atoms with E-state index in [-0.39, 0.29) is 17.0 Å². The van der Waals surface area contributed by atoms with Crippen molar-refractivity contribution < 1.29 is 27.4 Å². The molecule has 32 heavy (non-hydrogen) atoms. The molecule has 3 aromatic rings. The number of benzene rings is 3. The van der Waals surface area contributed by atoms with E-state index >= 15 is 0 Å². The zero-order chi connectivity index (χ0) is 22.9. The Labute approximate surface area is 184 Å². The first-order valence-electron chi connectivity index (χ1n) is 9.64. The van der Waals surface area contributed by atoms with E-state index in [1.807, 2.05) is 0 Å². The van der Waals surface area contributed by atoms with Gasteiger partial charge in [0.2, 0.25) is 0 Å². The average Bonchev–Trinajstić information content (AvgIpc) is 3.04. The van der Waals surface area contributed by atoms with Gasteiger partial charge in [-0.2, -0.15) is 8.42 Å². The number of carbonyl (C=O) groups is 3. The second-order valence-corrected chi connectivity index (χ2v) is 8.64. The number of nitrogens with zero attached hydrogens (tertiary/aromatic N) is 2. The fraction of sp³-hybridized carbons (Fsp3) is 0.0870. The highest BCUT2D eigenvalue weighted by Crippen LogP contribution is 2.33. The van der Waals surface area contributed by atoms with Gasteiger partial charge in [0.15, 0.2) is 0 Å². The molecule has 3 aromatic carbocycles. The Kier molecular flexibility index (Phi) is 5.60. The normalized spacial score (nSPS) is 16.5. The Morgan fingerprint density at radius 1 is 0.781 bits per heavy atom. The molecule has 4 rings (SSSR count). The minimum absolute atomic E-state index is 0.139. The quantitative estimate of drug-likeness (QED) is 0.351. The fourth-order valence-corrected chi connectivity index (χ4v) is 4.03. The molecule has 0 aliphatic carbocycles. The highest BCUT2D eigenvalue weighted by molar-refractivity contribution is 7.85. The predicted octanol–water partition coefficient (Wildman–Crippen LogP) is 2.90. The maximum Gasteiger partial charge on any atom is 0.294 e. The molecular weight excluding hydrogens is 432 g/mol. The van der Waals surface area contributed by atoms with Crippen LogP contribution in [-0.2, 0) is 26.1 Å². The lowest BCUT2D eigenvalue weighted by Crippen LogP contribution is -2.41. The van der Waals surface area contributed by atoms with Gasteiger partial charge in [-0.3, -0.25) is 18.9 Å². The smallest absolute Gasteiger partial charge is 0.294 e. The van der Waals surface area contributed by atoms with Gasteiger partial charge in [0.1, 0.15) is 12.2 Å². The molecule has 0 radical (unpaired) electrons. The van der Waals surface area contributed by atoms with Crippen LogP contribution in [0.2, 0.25) is 0 Å². The average molecular weight is 450 g/mol. The van der Waals surface area contributed by atoms with Gasteiger partial charge < -0.3 is 0 Å². The van der Waals surface area contributed by atoms with Gasteiger partial charge in [0.25, 0.3) is 21.9 Å². The summed E-state index contributed by atoms with van der Waals surface area (Å²) in [4.78, 5) is 37.2. The molecule has 1 aliphatic rings. The Bertz CT molecular complexity index is 1270. The second kappa shape index (κ2) is 8.37. The Balaban J connectivity index is 1.73. The van der Waals surface area contributed by atoms with Crippen LogP contribution < -0.4 is 10.0 Å². The van der Waals surface area contributed by atoms with Crippen LogP contribution in [0, 0.1) is 5.92 Å². The lowest BCUT2D eigenvalue weighted by atomic mass is 9.98. The van der Waals surface area contributed by atoms with E-state index in [1.54, 1.807) is 54.6 Å². The van der Waals surface area contributed by atoms with Crippen molar-refractivity contribution in [2.75, 3.05) is 10.0 Å². The summed E-state index contributed by atoms with van der Waals surface area (Å²) < 4.78 is 31.9. The van der Waals surface area contributed by atoms with Crippen LogP contribution >= 0.6 is 0 Å². The monoisotopic (exact) mass is 450 g/mol. The van der Waals surface area contributed by atoms with Gasteiger partial charge >= 0.3 is 0 Å². The SMILES string of the molecule is O=Cc1ccc(CC2C(=O)N(c3ccccc3)N(c3ccc(S(=O)(=O)O)cc3)C2=O)cc1. The molecule has 1 saturated heterocycles. The van der Waals surface area contributed by atoms with Crippen molar-refractivity contribution in [3.63, 3.8) is 0 Å². The third-order valence-electron chi connectivity index (χ3n) is 5.15. The van der Waals surface area contributed by atoms with Gasteiger partial charge in [-0.25, -0.2) is 10.0 Å². The van der Waals surface area contributed by atoms with Gasteiger partial charge in [0, 0.05) is 5.56 Å². The molecule has 2 amide bonds.